The maximum atomic E-state index is 3.76. The third-order valence-corrected chi connectivity index (χ3v) is 5.27. The molecule has 104 valence electrons. The first kappa shape index (κ1) is 13.4. The summed E-state index contributed by atoms with van der Waals surface area (Å²) in [6, 6.07) is 6.71. The molecular weight excluding hydrogens is 300 g/mol. The van der Waals surface area contributed by atoms with Gasteiger partial charge in [-0.2, -0.15) is 0 Å². The zero-order valence-corrected chi connectivity index (χ0v) is 13.7. The molecule has 0 unspecified atom stereocenters. The van der Waals surface area contributed by atoms with Crippen LogP contribution in [-0.2, 0) is 0 Å². The molecule has 1 aliphatic carbocycles. The van der Waals surface area contributed by atoms with Crippen LogP contribution in [0.3, 0.4) is 0 Å². The fraction of sp³-hybridized carbons (Fsp3) is 0.625. The van der Waals surface area contributed by atoms with Crippen molar-refractivity contribution in [3.8, 4) is 0 Å². The van der Waals surface area contributed by atoms with Crippen LogP contribution in [0.1, 0.15) is 32.3 Å². The molecule has 1 aromatic rings. The standard InChI is InChI=1S/C16H23BrN2/c1-12-4-5-14(13(17)8-12)19-11-16(6-7-16)10-18-9-15(19,2)3/h4-5,8,18H,6-7,9-11H2,1-3H3. The van der Waals surface area contributed by atoms with Gasteiger partial charge in [0.05, 0.1) is 5.69 Å². The van der Waals surface area contributed by atoms with E-state index in [0.29, 0.717) is 5.41 Å². The molecule has 0 amide bonds. The first-order valence-corrected chi connectivity index (χ1v) is 7.96. The minimum absolute atomic E-state index is 0.157. The van der Waals surface area contributed by atoms with Crippen LogP contribution in [-0.4, -0.2) is 25.2 Å². The van der Waals surface area contributed by atoms with E-state index >= 15 is 0 Å². The lowest BCUT2D eigenvalue weighted by atomic mass is 9.99. The monoisotopic (exact) mass is 322 g/mol. The number of benzene rings is 1. The maximum absolute atomic E-state index is 3.76. The fourth-order valence-corrected chi connectivity index (χ4v) is 3.80. The van der Waals surface area contributed by atoms with Crippen LogP contribution in [0.25, 0.3) is 0 Å². The molecule has 1 saturated carbocycles. The summed E-state index contributed by atoms with van der Waals surface area (Å²) in [5, 5.41) is 3.66. The lowest BCUT2D eigenvalue weighted by Gasteiger charge is -2.40. The lowest BCUT2D eigenvalue weighted by Crippen LogP contribution is -2.49. The van der Waals surface area contributed by atoms with Crippen molar-refractivity contribution in [2.45, 2.75) is 39.2 Å². The first-order valence-electron chi connectivity index (χ1n) is 7.17. The van der Waals surface area contributed by atoms with Gasteiger partial charge < -0.3 is 10.2 Å². The normalized spacial score (nSPS) is 24.3. The molecule has 0 bridgehead atoms. The van der Waals surface area contributed by atoms with Crippen LogP contribution in [0.15, 0.2) is 22.7 Å². The molecule has 2 nitrogen and oxygen atoms in total. The molecule has 3 rings (SSSR count). The van der Waals surface area contributed by atoms with Gasteiger partial charge in [-0.15, -0.1) is 0 Å². The summed E-state index contributed by atoms with van der Waals surface area (Å²) in [6.07, 6.45) is 2.74. The van der Waals surface area contributed by atoms with Gasteiger partial charge in [-0.3, -0.25) is 0 Å². The number of nitrogens with one attached hydrogen (secondary N) is 1. The Balaban J connectivity index is 1.98. The van der Waals surface area contributed by atoms with E-state index in [1.165, 1.54) is 41.7 Å². The van der Waals surface area contributed by atoms with Crippen LogP contribution >= 0.6 is 15.9 Å². The second kappa shape index (κ2) is 4.49. The summed E-state index contributed by atoms with van der Waals surface area (Å²) in [4.78, 5) is 2.60. The number of hydrogen-bond acceptors (Lipinski definition) is 2. The Labute approximate surface area is 124 Å². The van der Waals surface area contributed by atoms with E-state index in [0.717, 1.165) is 6.54 Å². The van der Waals surface area contributed by atoms with Gasteiger partial charge in [0.2, 0.25) is 0 Å². The second-order valence-electron chi connectivity index (χ2n) is 6.96. The number of aryl methyl sites for hydroxylation is 1. The van der Waals surface area contributed by atoms with Gasteiger partial charge >= 0.3 is 0 Å². The van der Waals surface area contributed by atoms with Crippen molar-refractivity contribution in [1.82, 2.24) is 5.32 Å². The minimum Gasteiger partial charge on any atom is -0.364 e. The van der Waals surface area contributed by atoms with Gasteiger partial charge in [0.1, 0.15) is 0 Å². The quantitative estimate of drug-likeness (QED) is 0.847. The fourth-order valence-electron chi connectivity index (χ4n) is 3.09. The third kappa shape index (κ3) is 2.55. The van der Waals surface area contributed by atoms with E-state index in [-0.39, 0.29) is 5.54 Å². The Morgan fingerprint density at radius 3 is 2.58 bits per heavy atom. The molecule has 1 spiro atoms. The van der Waals surface area contributed by atoms with Gasteiger partial charge in [0.15, 0.2) is 0 Å². The maximum Gasteiger partial charge on any atom is 0.0515 e. The van der Waals surface area contributed by atoms with Crippen LogP contribution in [0.2, 0.25) is 0 Å². The number of halogens is 1. The van der Waals surface area contributed by atoms with Crippen LogP contribution in [0, 0.1) is 12.3 Å². The SMILES string of the molecule is Cc1ccc(N2CC3(CC3)CNCC2(C)C)c(Br)c1. The second-order valence-corrected chi connectivity index (χ2v) is 7.81. The van der Waals surface area contributed by atoms with E-state index in [2.05, 4.69) is 65.1 Å². The molecule has 1 N–H and O–H groups in total. The van der Waals surface area contributed by atoms with Crippen LogP contribution in [0.4, 0.5) is 5.69 Å². The molecule has 19 heavy (non-hydrogen) atoms. The van der Waals surface area contributed by atoms with E-state index in [4.69, 9.17) is 0 Å². The van der Waals surface area contributed by atoms with E-state index < -0.39 is 0 Å². The van der Waals surface area contributed by atoms with Gasteiger partial charge in [-0.05, 0) is 67.2 Å². The summed E-state index contributed by atoms with van der Waals surface area (Å²) in [7, 11) is 0. The molecule has 0 radical (unpaired) electrons. The molecule has 1 saturated heterocycles. The number of rotatable bonds is 1. The average molecular weight is 323 g/mol. The van der Waals surface area contributed by atoms with Crippen molar-refractivity contribution in [2.24, 2.45) is 5.41 Å². The summed E-state index contributed by atoms with van der Waals surface area (Å²) in [5.74, 6) is 0. The predicted molar refractivity (Wildman–Crippen MR) is 84.8 cm³/mol. The Bertz CT molecular complexity index is 492. The first-order chi connectivity index (χ1) is 8.92. The van der Waals surface area contributed by atoms with E-state index in [9.17, 15) is 0 Å². The highest BCUT2D eigenvalue weighted by molar-refractivity contribution is 9.10. The Morgan fingerprint density at radius 1 is 1.21 bits per heavy atom. The summed E-state index contributed by atoms with van der Waals surface area (Å²) < 4.78 is 1.22. The van der Waals surface area contributed by atoms with Crippen LogP contribution in [0.5, 0.6) is 0 Å². The molecule has 3 heteroatoms. The van der Waals surface area contributed by atoms with Crippen molar-refractivity contribution >= 4 is 21.6 Å². The van der Waals surface area contributed by atoms with Crippen molar-refractivity contribution in [1.29, 1.82) is 0 Å². The average Bonchev–Trinajstić information content (AvgIpc) is 3.08. The highest BCUT2D eigenvalue weighted by Crippen LogP contribution is 2.49. The molecule has 1 heterocycles. The molecule has 0 atom stereocenters. The number of hydrogen-bond donors (Lipinski definition) is 1. The van der Waals surface area contributed by atoms with Crippen molar-refractivity contribution in [2.75, 3.05) is 24.5 Å². The molecule has 0 aromatic heterocycles. The molecule has 2 fully saturated rings. The lowest BCUT2D eigenvalue weighted by molar-refractivity contribution is 0.455. The third-order valence-electron chi connectivity index (χ3n) is 4.63. The van der Waals surface area contributed by atoms with Gasteiger partial charge in [0.25, 0.3) is 0 Å². The summed E-state index contributed by atoms with van der Waals surface area (Å²) >= 11 is 3.76. The summed E-state index contributed by atoms with van der Waals surface area (Å²) in [5.41, 5.74) is 3.33. The number of anilines is 1. The highest BCUT2D eigenvalue weighted by atomic mass is 79.9. The summed E-state index contributed by atoms with van der Waals surface area (Å²) in [6.45, 7) is 10.2. The highest BCUT2D eigenvalue weighted by Gasteiger charge is 2.48. The number of nitrogens with zero attached hydrogens (tertiary/aromatic N) is 1. The molecule has 1 aliphatic heterocycles. The van der Waals surface area contributed by atoms with Gasteiger partial charge in [-0.25, -0.2) is 0 Å². The topological polar surface area (TPSA) is 15.3 Å². The molecule has 1 aromatic carbocycles. The Kier molecular flexibility index (Phi) is 3.18. The minimum atomic E-state index is 0.157. The van der Waals surface area contributed by atoms with Crippen molar-refractivity contribution in [3.63, 3.8) is 0 Å². The molecular formula is C16H23BrN2. The van der Waals surface area contributed by atoms with Gasteiger partial charge in [0, 0.05) is 35.1 Å². The van der Waals surface area contributed by atoms with Crippen LogP contribution < -0.4 is 10.2 Å². The zero-order valence-electron chi connectivity index (χ0n) is 12.1. The molecule has 2 aliphatic rings. The smallest absolute Gasteiger partial charge is 0.0515 e. The van der Waals surface area contributed by atoms with Gasteiger partial charge in [-0.1, -0.05) is 6.07 Å². The van der Waals surface area contributed by atoms with Crippen molar-refractivity contribution < 1.29 is 0 Å². The zero-order chi connectivity index (χ0) is 13.7. The predicted octanol–water partition coefficient (Wildman–Crippen LogP) is 3.73. The largest absolute Gasteiger partial charge is 0.364 e. The Morgan fingerprint density at radius 2 is 1.95 bits per heavy atom. The van der Waals surface area contributed by atoms with Crippen molar-refractivity contribution in [3.05, 3.63) is 28.2 Å². The Hall–Kier alpha value is -0.540. The van der Waals surface area contributed by atoms with E-state index in [1.54, 1.807) is 0 Å². The van der Waals surface area contributed by atoms with E-state index in [1.807, 2.05) is 0 Å².